The molecule has 6 nitrogen and oxygen atoms in total. The Balaban J connectivity index is 4.44. The first-order valence-electron chi connectivity index (χ1n) is 26.0. The van der Waals surface area contributed by atoms with Crippen molar-refractivity contribution in [1.82, 2.24) is 0 Å². The van der Waals surface area contributed by atoms with Crippen LogP contribution in [0.2, 0.25) is 0 Å². The molecule has 0 fully saturated rings. The molecule has 1 atom stereocenters. The minimum absolute atomic E-state index is 0.0916. The topological polar surface area (TPSA) is 78.9 Å². The number of hydrogen-bond donors (Lipinski definition) is 0. The first-order valence-corrected chi connectivity index (χ1v) is 26.0. The van der Waals surface area contributed by atoms with Gasteiger partial charge in [0.25, 0.3) is 0 Å². The van der Waals surface area contributed by atoms with E-state index in [0.717, 1.165) is 109 Å². The van der Waals surface area contributed by atoms with Gasteiger partial charge in [0, 0.05) is 19.3 Å². The fraction of sp³-hybridized carbons (Fsp3) is 0.732. The normalized spacial score (nSPS) is 12.6. The third-order valence-electron chi connectivity index (χ3n) is 11.0. The second-order valence-corrected chi connectivity index (χ2v) is 17.0. The summed E-state index contributed by atoms with van der Waals surface area (Å²) < 4.78 is 16.8. The van der Waals surface area contributed by atoms with Gasteiger partial charge in [0.05, 0.1) is 0 Å². The van der Waals surface area contributed by atoms with Crippen LogP contribution in [0, 0.1) is 0 Å². The molecule has 0 heterocycles. The molecule has 1 unspecified atom stereocenters. The number of unbranched alkanes of at least 4 members (excludes halogenated alkanes) is 24. The summed E-state index contributed by atoms with van der Waals surface area (Å²) in [7, 11) is 0. The maximum atomic E-state index is 12.8. The number of ether oxygens (including phenoxy) is 3. The van der Waals surface area contributed by atoms with Crippen molar-refractivity contribution in [3.05, 3.63) is 72.9 Å². The van der Waals surface area contributed by atoms with E-state index in [1.165, 1.54) is 96.3 Å². The van der Waals surface area contributed by atoms with Gasteiger partial charge in [-0.15, -0.1) is 0 Å². The van der Waals surface area contributed by atoms with Crippen LogP contribution < -0.4 is 0 Å². The molecule has 0 bridgehead atoms. The molecule has 0 amide bonds. The number of esters is 3. The van der Waals surface area contributed by atoms with Gasteiger partial charge in [-0.2, -0.15) is 0 Å². The Morgan fingerprint density at radius 3 is 1.08 bits per heavy atom. The largest absolute Gasteiger partial charge is 0.462 e. The predicted octanol–water partition coefficient (Wildman–Crippen LogP) is 17.0. The van der Waals surface area contributed by atoms with E-state index in [4.69, 9.17) is 14.2 Å². The Bertz CT molecular complexity index is 1180. The Morgan fingerprint density at radius 2 is 0.677 bits per heavy atom. The molecular weight excluding hydrogens is 769 g/mol. The number of allylic oxidation sites excluding steroid dienone is 12. The van der Waals surface area contributed by atoms with Crippen LogP contribution in [0.5, 0.6) is 0 Å². The zero-order valence-electron chi connectivity index (χ0n) is 40.6. The summed E-state index contributed by atoms with van der Waals surface area (Å²) in [6.07, 6.45) is 63.1. The van der Waals surface area contributed by atoms with E-state index >= 15 is 0 Å². The molecule has 62 heavy (non-hydrogen) atoms. The van der Waals surface area contributed by atoms with Crippen molar-refractivity contribution in [3.8, 4) is 0 Å². The van der Waals surface area contributed by atoms with E-state index in [0.29, 0.717) is 19.3 Å². The van der Waals surface area contributed by atoms with Crippen molar-refractivity contribution < 1.29 is 28.6 Å². The lowest BCUT2D eigenvalue weighted by molar-refractivity contribution is -0.167. The van der Waals surface area contributed by atoms with Gasteiger partial charge in [0.2, 0.25) is 0 Å². The number of hydrogen-bond acceptors (Lipinski definition) is 6. The molecule has 0 radical (unpaired) electrons. The summed E-state index contributed by atoms with van der Waals surface area (Å²) in [5, 5.41) is 0. The molecule has 0 aliphatic rings. The van der Waals surface area contributed by atoms with Crippen LogP contribution in [0.4, 0.5) is 0 Å². The summed E-state index contributed by atoms with van der Waals surface area (Å²) in [6, 6.07) is 0. The van der Waals surface area contributed by atoms with Gasteiger partial charge in [-0.3, -0.25) is 14.4 Å². The Kier molecular flexibility index (Phi) is 47.9. The van der Waals surface area contributed by atoms with E-state index < -0.39 is 6.10 Å². The van der Waals surface area contributed by atoms with E-state index in [2.05, 4.69) is 93.7 Å². The van der Waals surface area contributed by atoms with Gasteiger partial charge >= 0.3 is 17.9 Å². The van der Waals surface area contributed by atoms with Crippen LogP contribution >= 0.6 is 0 Å². The average Bonchev–Trinajstić information content (AvgIpc) is 3.27. The molecular formula is C56H96O6. The van der Waals surface area contributed by atoms with E-state index in [1.54, 1.807) is 0 Å². The Labute approximate surface area is 382 Å². The summed E-state index contributed by atoms with van der Waals surface area (Å²) in [5.41, 5.74) is 0. The lowest BCUT2D eigenvalue weighted by Gasteiger charge is -2.18. The highest BCUT2D eigenvalue weighted by Crippen LogP contribution is 2.14. The predicted molar refractivity (Wildman–Crippen MR) is 265 cm³/mol. The zero-order valence-corrected chi connectivity index (χ0v) is 40.6. The van der Waals surface area contributed by atoms with Gasteiger partial charge in [-0.25, -0.2) is 0 Å². The van der Waals surface area contributed by atoms with Gasteiger partial charge in [-0.05, 0) is 96.3 Å². The Hall–Kier alpha value is -3.15. The highest BCUT2D eigenvalue weighted by Gasteiger charge is 2.19. The highest BCUT2D eigenvalue weighted by atomic mass is 16.6. The number of carbonyl (C=O) groups is 3. The zero-order chi connectivity index (χ0) is 45.1. The molecule has 0 rings (SSSR count). The van der Waals surface area contributed by atoms with Crippen molar-refractivity contribution in [3.63, 3.8) is 0 Å². The third kappa shape index (κ3) is 47.9. The molecule has 0 aromatic carbocycles. The SMILES string of the molecule is CC/C=C\C/C=C\CCCCCCCCCC(=O)OCC(COC(=O)CCCCC/C=C\C=C/CCCCCCCCC)OC(=O)CCCCCCCCC/C=C\C/C=C\CC. The summed E-state index contributed by atoms with van der Waals surface area (Å²) in [5.74, 6) is -0.933. The van der Waals surface area contributed by atoms with Gasteiger partial charge in [-0.1, -0.05) is 203 Å². The molecule has 0 saturated carbocycles. The monoisotopic (exact) mass is 865 g/mol. The molecule has 0 saturated heterocycles. The fourth-order valence-electron chi connectivity index (χ4n) is 7.10. The lowest BCUT2D eigenvalue weighted by Crippen LogP contribution is -2.30. The first-order chi connectivity index (χ1) is 30.5. The second-order valence-electron chi connectivity index (χ2n) is 17.0. The quantitative estimate of drug-likeness (QED) is 0.0199. The average molecular weight is 865 g/mol. The maximum Gasteiger partial charge on any atom is 0.306 e. The minimum atomic E-state index is -0.793. The standard InChI is InChI=1S/C56H96O6/c1-4-7-10-13-16-19-22-25-28-29-32-34-37-40-43-46-49-55(58)61-52-53(62-56(59)50-47-44-41-38-35-31-27-24-21-18-15-12-9-6-3)51-60-54(57)48-45-42-39-36-33-30-26-23-20-17-14-11-8-5-2/h8-9,11-12,17-18,20-21,28-29,32,34,53H,4-7,10,13-16,19,22-27,30-31,33,35-52H2,1-3H3/b11-8-,12-9-,20-17-,21-18-,29-28-,34-32-. The molecule has 6 heteroatoms. The van der Waals surface area contributed by atoms with Crippen LogP contribution in [0.25, 0.3) is 0 Å². The number of carbonyl (C=O) groups excluding carboxylic acids is 3. The third-order valence-corrected chi connectivity index (χ3v) is 11.0. The van der Waals surface area contributed by atoms with Crippen LogP contribution in [0.1, 0.15) is 245 Å². The lowest BCUT2D eigenvalue weighted by atomic mass is 10.1. The van der Waals surface area contributed by atoms with E-state index in [1.807, 2.05) is 0 Å². The summed E-state index contributed by atoms with van der Waals surface area (Å²) >= 11 is 0. The Morgan fingerprint density at radius 1 is 0.355 bits per heavy atom. The van der Waals surface area contributed by atoms with Crippen molar-refractivity contribution in [2.75, 3.05) is 13.2 Å². The van der Waals surface area contributed by atoms with E-state index in [-0.39, 0.29) is 31.1 Å². The van der Waals surface area contributed by atoms with Crippen molar-refractivity contribution in [2.24, 2.45) is 0 Å². The molecule has 0 aliphatic heterocycles. The van der Waals surface area contributed by atoms with Crippen molar-refractivity contribution in [1.29, 1.82) is 0 Å². The molecule has 0 N–H and O–H groups in total. The van der Waals surface area contributed by atoms with Gasteiger partial charge in [0.15, 0.2) is 6.10 Å². The highest BCUT2D eigenvalue weighted by molar-refractivity contribution is 5.71. The van der Waals surface area contributed by atoms with Crippen molar-refractivity contribution >= 4 is 17.9 Å². The smallest absolute Gasteiger partial charge is 0.306 e. The van der Waals surface area contributed by atoms with Crippen LogP contribution in [-0.2, 0) is 28.6 Å². The van der Waals surface area contributed by atoms with E-state index in [9.17, 15) is 14.4 Å². The van der Waals surface area contributed by atoms with Crippen molar-refractivity contribution in [2.45, 2.75) is 252 Å². The molecule has 0 spiro atoms. The van der Waals surface area contributed by atoms with Gasteiger partial charge < -0.3 is 14.2 Å². The van der Waals surface area contributed by atoms with Crippen LogP contribution in [0.15, 0.2) is 72.9 Å². The summed E-state index contributed by atoms with van der Waals surface area (Å²) in [6.45, 7) is 6.39. The fourth-order valence-corrected chi connectivity index (χ4v) is 7.10. The number of rotatable bonds is 46. The van der Waals surface area contributed by atoms with Crippen LogP contribution in [0.3, 0.4) is 0 Å². The minimum Gasteiger partial charge on any atom is -0.462 e. The maximum absolute atomic E-state index is 12.8. The van der Waals surface area contributed by atoms with Crippen LogP contribution in [-0.4, -0.2) is 37.2 Å². The summed E-state index contributed by atoms with van der Waals surface area (Å²) in [4.78, 5) is 38.0. The molecule has 0 aliphatic carbocycles. The molecule has 356 valence electrons. The first kappa shape index (κ1) is 58.9. The molecule has 0 aromatic rings. The second kappa shape index (κ2) is 50.5. The van der Waals surface area contributed by atoms with Gasteiger partial charge in [0.1, 0.15) is 13.2 Å². The molecule has 0 aromatic heterocycles.